The van der Waals surface area contributed by atoms with Crippen LogP contribution in [0, 0.1) is 6.92 Å². The van der Waals surface area contributed by atoms with Gasteiger partial charge in [0.2, 0.25) is 0 Å². The van der Waals surface area contributed by atoms with Crippen molar-refractivity contribution in [3.05, 3.63) is 200 Å². The van der Waals surface area contributed by atoms with Gasteiger partial charge in [-0.3, -0.25) is 0 Å². The minimum Gasteiger partial charge on any atom is -0.309 e. The molecule has 8 aromatic carbocycles. The third kappa shape index (κ3) is 5.51. The van der Waals surface area contributed by atoms with E-state index in [2.05, 4.69) is 150 Å². The smallest absolute Gasteiger partial charge is 0.164 e. The van der Waals surface area contributed by atoms with E-state index in [4.69, 9.17) is 15.0 Å². The van der Waals surface area contributed by atoms with Crippen LogP contribution in [0.5, 0.6) is 0 Å². The summed E-state index contributed by atoms with van der Waals surface area (Å²) >= 11 is 0. The second-order valence-corrected chi connectivity index (χ2v) is 14.5. The molecule has 3 aromatic heterocycles. The first-order chi connectivity index (χ1) is 28.2. The quantitative estimate of drug-likeness (QED) is 0.171. The second kappa shape index (κ2) is 13.3. The normalized spacial score (nSPS) is 11.6. The summed E-state index contributed by atoms with van der Waals surface area (Å²) in [6.45, 7) is 2.13. The molecule has 0 amide bonds. The lowest BCUT2D eigenvalue weighted by Crippen LogP contribution is -2.01. The van der Waals surface area contributed by atoms with E-state index in [1.807, 2.05) is 60.7 Å². The number of nitrogens with zero attached hydrogens (tertiary/aromatic N) is 5. The number of para-hydroxylation sites is 3. The van der Waals surface area contributed by atoms with Crippen molar-refractivity contribution in [1.29, 1.82) is 0 Å². The van der Waals surface area contributed by atoms with Crippen LogP contribution in [0.2, 0.25) is 0 Å². The summed E-state index contributed by atoms with van der Waals surface area (Å²) in [5.74, 6) is 1.98. The molecule has 0 bridgehead atoms. The highest BCUT2D eigenvalue weighted by Crippen LogP contribution is 2.37. The average Bonchev–Trinajstić information content (AvgIpc) is 3.79. The van der Waals surface area contributed by atoms with Crippen LogP contribution < -0.4 is 0 Å². The predicted molar refractivity (Wildman–Crippen MR) is 235 cm³/mol. The molecule has 11 rings (SSSR count). The Bertz CT molecular complexity index is 3180. The van der Waals surface area contributed by atoms with Crippen molar-refractivity contribution in [3.8, 4) is 56.7 Å². The summed E-state index contributed by atoms with van der Waals surface area (Å²) < 4.78 is 4.78. The largest absolute Gasteiger partial charge is 0.309 e. The molecule has 0 atom stereocenters. The lowest BCUT2D eigenvalue weighted by molar-refractivity contribution is 1.07. The molecule has 5 nitrogen and oxygen atoms in total. The van der Waals surface area contributed by atoms with E-state index < -0.39 is 0 Å². The van der Waals surface area contributed by atoms with Gasteiger partial charge in [0, 0.05) is 49.6 Å². The molecule has 0 aliphatic rings. The molecule has 0 saturated carbocycles. The van der Waals surface area contributed by atoms with E-state index in [1.165, 1.54) is 43.6 Å². The van der Waals surface area contributed by atoms with Crippen molar-refractivity contribution in [2.45, 2.75) is 6.92 Å². The Morgan fingerprint density at radius 1 is 0.316 bits per heavy atom. The van der Waals surface area contributed by atoms with Gasteiger partial charge in [0.25, 0.3) is 0 Å². The van der Waals surface area contributed by atoms with Gasteiger partial charge < -0.3 is 9.13 Å². The van der Waals surface area contributed by atoms with Crippen LogP contribution in [0.4, 0.5) is 0 Å². The molecule has 0 aliphatic heterocycles. The second-order valence-electron chi connectivity index (χ2n) is 14.5. The third-order valence-corrected chi connectivity index (χ3v) is 11.1. The number of aryl methyl sites for hydroxylation is 1. The van der Waals surface area contributed by atoms with Crippen LogP contribution in [-0.4, -0.2) is 24.1 Å². The molecule has 268 valence electrons. The van der Waals surface area contributed by atoms with Gasteiger partial charge in [-0.1, -0.05) is 146 Å². The SMILES string of the molecule is Cc1cc(-c2ccc(-n3c4ccccc4c4cc(-n5c6ccccc6c6ccccc65)ccc43)cc2)ccc1-c1nc(-c2ccccc2)nc(-c2ccccc2)n1. The van der Waals surface area contributed by atoms with Crippen molar-refractivity contribution >= 4 is 43.6 Å². The first-order valence-corrected chi connectivity index (χ1v) is 19.3. The maximum Gasteiger partial charge on any atom is 0.164 e. The van der Waals surface area contributed by atoms with Gasteiger partial charge in [-0.2, -0.15) is 0 Å². The van der Waals surface area contributed by atoms with Gasteiger partial charge in [-0.25, -0.2) is 15.0 Å². The zero-order valence-corrected chi connectivity index (χ0v) is 31.2. The molecule has 5 heteroatoms. The highest BCUT2D eigenvalue weighted by atomic mass is 15.0. The lowest BCUT2D eigenvalue weighted by atomic mass is 9.99. The van der Waals surface area contributed by atoms with Crippen LogP contribution in [-0.2, 0) is 0 Å². The van der Waals surface area contributed by atoms with Crippen LogP contribution in [0.15, 0.2) is 194 Å². The zero-order valence-electron chi connectivity index (χ0n) is 31.2. The fourth-order valence-electron chi connectivity index (χ4n) is 8.40. The van der Waals surface area contributed by atoms with Crippen LogP contribution >= 0.6 is 0 Å². The molecule has 11 aromatic rings. The summed E-state index contributed by atoms with van der Waals surface area (Å²) in [5.41, 5.74) is 13.3. The van der Waals surface area contributed by atoms with E-state index in [1.54, 1.807) is 0 Å². The summed E-state index contributed by atoms with van der Waals surface area (Å²) in [5, 5.41) is 4.99. The molecule has 3 heterocycles. The minimum atomic E-state index is 0.659. The molecular formula is C52H35N5. The topological polar surface area (TPSA) is 48.5 Å². The van der Waals surface area contributed by atoms with E-state index in [-0.39, 0.29) is 0 Å². The summed E-state index contributed by atoms with van der Waals surface area (Å²) in [6.07, 6.45) is 0. The first-order valence-electron chi connectivity index (χ1n) is 19.3. The average molecular weight is 730 g/mol. The fraction of sp³-hybridized carbons (Fsp3) is 0.0192. The van der Waals surface area contributed by atoms with Crippen molar-refractivity contribution in [2.75, 3.05) is 0 Å². The molecule has 0 radical (unpaired) electrons. The molecule has 0 fully saturated rings. The maximum absolute atomic E-state index is 4.97. The van der Waals surface area contributed by atoms with E-state index in [9.17, 15) is 0 Å². The maximum atomic E-state index is 4.97. The summed E-state index contributed by atoms with van der Waals surface area (Å²) in [4.78, 5) is 14.8. The first kappa shape index (κ1) is 32.8. The van der Waals surface area contributed by atoms with Gasteiger partial charge in [0.1, 0.15) is 0 Å². The minimum absolute atomic E-state index is 0.659. The van der Waals surface area contributed by atoms with Gasteiger partial charge in [-0.15, -0.1) is 0 Å². The summed E-state index contributed by atoms with van der Waals surface area (Å²) in [7, 11) is 0. The Labute approximate surface area is 329 Å². The molecule has 0 N–H and O–H groups in total. The highest BCUT2D eigenvalue weighted by molar-refractivity contribution is 6.12. The monoisotopic (exact) mass is 729 g/mol. The molecule has 0 aliphatic carbocycles. The Morgan fingerprint density at radius 2 is 0.754 bits per heavy atom. The van der Waals surface area contributed by atoms with E-state index in [0.29, 0.717) is 17.5 Å². The highest BCUT2D eigenvalue weighted by Gasteiger charge is 2.18. The predicted octanol–water partition coefficient (Wildman–Crippen LogP) is 13.0. The van der Waals surface area contributed by atoms with Crippen LogP contribution in [0.3, 0.4) is 0 Å². The van der Waals surface area contributed by atoms with Crippen molar-refractivity contribution < 1.29 is 0 Å². The van der Waals surface area contributed by atoms with Gasteiger partial charge in [0.05, 0.1) is 22.1 Å². The molecule has 57 heavy (non-hydrogen) atoms. The third-order valence-electron chi connectivity index (χ3n) is 11.1. The van der Waals surface area contributed by atoms with Crippen LogP contribution in [0.1, 0.15) is 5.56 Å². The van der Waals surface area contributed by atoms with Crippen molar-refractivity contribution in [1.82, 2.24) is 24.1 Å². The summed E-state index contributed by atoms with van der Waals surface area (Å²) in [6, 6.07) is 68.6. The fourth-order valence-corrected chi connectivity index (χ4v) is 8.40. The zero-order chi connectivity index (χ0) is 37.9. The molecule has 0 saturated heterocycles. The Balaban J connectivity index is 0.967. The van der Waals surface area contributed by atoms with Crippen molar-refractivity contribution in [3.63, 3.8) is 0 Å². The number of benzene rings is 8. The van der Waals surface area contributed by atoms with Gasteiger partial charge in [-0.05, 0) is 72.1 Å². The van der Waals surface area contributed by atoms with Gasteiger partial charge >= 0.3 is 0 Å². The lowest BCUT2D eigenvalue weighted by Gasteiger charge is -2.13. The number of hydrogen-bond acceptors (Lipinski definition) is 3. The van der Waals surface area contributed by atoms with E-state index in [0.717, 1.165) is 44.8 Å². The Kier molecular flexibility index (Phi) is 7.64. The molecular weight excluding hydrogens is 695 g/mol. The Hall–Kier alpha value is -7.63. The standard InChI is InChI=1S/C52H35N5/c1-34-32-38(26-30-41(34)52-54-50(36-14-4-2-5-15-36)53-51(55-52)37-16-6-3-7-17-37)35-24-27-39(28-25-35)56-48-23-13-10-20-44(48)45-33-40(29-31-49(45)56)57-46-21-11-8-18-42(46)43-19-9-12-22-47(43)57/h2-33H,1H3. The van der Waals surface area contributed by atoms with Crippen LogP contribution in [0.25, 0.3) is 100 Å². The number of hydrogen-bond donors (Lipinski definition) is 0. The number of aromatic nitrogens is 5. The number of rotatable bonds is 6. The number of fused-ring (bicyclic) bond motifs is 6. The van der Waals surface area contributed by atoms with Crippen molar-refractivity contribution in [2.24, 2.45) is 0 Å². The van der Waals surface area contributed by atoms with E-state index >= 15 is 0 Å². The molecule has 0 spiro atoms. The molecule has 0 unspecified atom stereocenters. The van der Waals surface area contributed by atoms with Gasteiger partial charge in [0.15, 0.2) is 17.5 Å². The Morgan fingerprint density at radius 3 is 1.32 bits per heavy atom.